The Hall–Kier alpha value is -3.36. The van der Waals surface area contributed by atoms with Gasteiger partial charge in [0.25, 0.3) is 0 Å². The van der Waals surface area contributed by atoms with Crippen LogP contribution in [0.3, 0.4) is 0 Å². The number of methoxy groups -OCH3 is 1. The number of nitrogens with one attached hydrogen (secondary N) is 2. The van der Waals surface area contributed by atoms with Crippen LogP contribution in [0.15, 0.2) is 60.7 Å². The summed E-state index contributed by atoms with van der Waals surface area (Å²) < 4.78 is 10.9. The van der Waals surface area contributed by atoms with Gasteiger partial charge in [0.05, 0.1) is 18.7 Å². The van der Waals surface area contributed by atoms with Gasteiger partial charge in [0.1, 0.15) is 11.7 Å². The predicted octanol–water partition coefficient (Wildman–Crippen LogP) is 4.87. The molecule has 1 fully saturated rings. The fourth-order valence-corrected chi connectivity index (χ4v) is 5.46. The second kappa shape index (κ2) is 16.6. The molecule has 3 rings (SSSR count). The zero-order valence-corrected chi connectivity index (χ0v) is 27.1. The van der Waals surface area contributed by atoms with Gasteiger partial charge < -0.3 is 20.1 Å². The Kier molecular flexibility index (Phi) is 13.3. The molecule has 1 saturated heterocycles. The third kappa shape index (κ3) is 11.0. The van der Waals surface area contributed by atoms with E-state index in [4.69, 9.17) is 9.47 Å². The van der Waals surface area contributed by atoms with Gasteiger partial charge in [-0.15, -0.1) is 0 Å². The minimum Gasteiger partial charge on any atom is -0.372 e. The van der Waals surface area contributed by atoms with E-state index in [9.17, 15) is 19.2 Å². The van der Waals surface area contributed by atoms with Gasteiger partial charge in [-0.3, -0.25) is 19.2 Å². The summed E-state index contributed by atoms with van der Waals surface area (Å²) in [6, 6.07) is 17.9. The van der Waals surface area contributed by atoms with Crippen LogP contribution in [0.2, 0.25) is 0 Å². The van der Waals surface area contributed by atoms with Crippen LogP contribution >= 0.6 is 0 Å². The van der Waals surface area contributed by atoms with Crippen molar-refractivity contribution in [3.63, 3.8) is 0 Å². The van der Waals surface area contributed by atoms with Crippen LogP contribution in [0.4, 0.5) is 0 Å². The van der Waals surface area contributed by atoms with E-state index >= 15 is 0 Å². The molecule has 2 N–H and O–H groups in total. The van der Waals surface area contributed by atoms with Gasteiger partial charge >= 0.3 is 0 Å². The lowest BCUT2D eigenvalue weighted by atomic mass is 9.87. The first-order chi connectivity index (χ1) is 20.9. The van der Waals surface area contributed by atoms with E-state index in [0.29, 0.717) is 38.7 Å². The predicted molar refractivity (Wildman–Crippen MR) is 171 cm³/mol. The normalized spacial score (nSPS) is 18.7. The number of Topliss-reactive ketones (excluding diaryl/α,β-unsaturated/α-hetero) is 2. The Balaban J connectivity index is 1.76. The van der Waals surface area contributed by atoms with Crippen molar-refractivity contribution in [2.45, 2.75) is 96.9 Å². The maximum absolute atomic E-state index is 13.9. The summed E-state index contributed by atoms with van der Waals surface area (Å²) in [5, 5.41) is 5.91. The Morgan fingerprint density at radius 2 is 1.34 bits per heavy atom. The second-order valence-corrected chi connectivity index (χ2v) is 13.1. The number of rotatable bonds is 19. The van der Waals surface area contributed by atoms with Gasteiger partial charge in [-0.05, 0) is 62.0 Å². The zero-order valence-electron chi connectivity index (χ0n) is 27.1. The average molecular weight is 607 g/mol. The molecule has 2 aromatic rings. The van der Waals surface area contributed by atoms with Crippen LogP contribution in [0.25, 0.3) is 0 Å². The number of ether oxygens (including phenoxy) is 2. The van der Waals surface area contributed by atoms with Gasteiger partial charge in [0.15, 0.2) is 11.6 Å². The topological polar surface area (TPSA) is 114 Å². The number of benzene rings is 2. The summed E-state index contributed by atoms with van der Waals surface area (Å²) in [7, 11) is 1.50. The van der Waals surface area contributed by atoms with E-state index in [1.807, 2.05) is 88.4 Å². The molecule has 0 bridgehead atoms. The molecule has 0 radical (unpaired) electrons. The van der Waals surface area contributed by atoms with E-state index in [0.717, 1.165) is 11.1 Å². The van der Waals surface area contributed by atoms with Crippen molar-refractivity contribution in [3.8, 4) is 0 Å². The van der Waals surface area contributed by atoms with Crippen molar-refractivity contribution in [2.75, 3.05) is 13.7 Å². The lowest BCUT2D eigenvalue weighted by molar-refractivity contribution is -0.137. The highest BCUT2D eigenvalue weighted by Gasteiger charge is 2.50. The summed E-state index contributed by atoms with van der Waals surface area (Å²) in [5.74, 6) is -1.47. The third-order valence-corrected chi connectivity index (χ3v) is 8.11. The zero-order chi connectivity index (χ0) is 32.3. The van der Waals surface area contributed by atoms with Gasteiger partial charge in [0.2, 0.25) is 11.8 Å². The Morgan fingerprint density at radius 1 is 0.818 bits per heavy atom. The SMILES string of the molecule is CO[C@@H](CCc1ccccc1)C(=O)N[C@@H](CC(C)C)C(=O)C[C@@H](Cc1ccccc1)C(=O)N[C@@H](CC(C)C)C(=O)[C@@]1(C)CO1. The fourth-order valence-electron chi connectivity index (χ4n) is 5.46. The number of carbonyl (C=O) groups excluding carboxylic acids is 4. The molecule has 1 aliphatic rings. The molecule has 0 spiro atoms. The molecule has 0 saturated carbocycles. The highest BCUT2D eigenvalue weighted by molar-refractivity contribution is 5.98. The van der Waals surface area contributed by atoms with Crippen molar-refractivity contribution in [2.24, 2.45) is 17.8 Å². The first-order valence-corrected chi connectivity index (χ1v) is 15.8. The molecular weight excluding hydrogens is 556 g/mol. The van der Waals surface area contributed by atoms with Crippen LogP contribution in [-0.4, -0.2) is 60.9 Å². The maximum atomic E-state index is 13.9. The molecule has 0 aromatic heterocycles. The maximum Gasteiger partial charge on any atom is 0.249 e. The summed E-state index contributed by atoms with van der Waals surface area (Å²) in [6.07, 6.45) is 1.59. The molecule has 0 unspecified atom stereocenters. The first-order valence-electron chi connectivity index (χ1n) is 15.8. The highest BCUT2D eigenvalue weighted by Crippen LogP contribution is 2.30. The van der Waals surface area contributed by atoms with E-state index in [1.165, 1.54) is 7.11 Å². The van der Waals surface area contributed by atoms with E-state index in [2.05, 4.69) is 10.6 Å². The largest absolute Gasteiger partial charge is 0.372 e. The fraction of sp³-hybridized carbons (Fsp3) is 0.556. The second-order valence-electron chi connectivity index (χ2n) is 13.1. The molecule has 2 aromatic carbocycles. The Labute approximate surface area is 262 Å². The number of amides is 2. The van der Waals surface area contributed by atoms with Crippen molar-refractivity contribution >= 4 is 23.4 Å². The minimum absolute atomic E-state index is 0.0730. The van der Waals surface area contributed by atoms with Crippen LogP contribution in [0, 0.1) is 17.8 Å². The van der Waals surface area contributed by atoms with E-state index in [1.54, 1.807) is 6.92 Å². The highest BCUT2D eigenvalue weighted by atomic mass is 16.6. The Bertz CT molecular complexity index is 1230. The average Bonchev–Trinajstić information content (AvgIpc) is 3.74. The summed E-state index contributed by atoms with van der Waals surface area (Å²) >= 11 is 0. The Morgan fingerprint density at radius 3 is 1.86 bits per heavy atom. The molecular formula is C36H50N2O6. The number of hydrogen-bond donors (Lipinski definition) is 2. The number of carbonyl (C=O) groups is 4. The minimum atomic E-state index is -0.872. The van der Waals surface area contributed by atoms with Crippen molar-refractivity contribution < 1.29 is 28.7 Å². The van der Waals surface area contributed by atoms with E-state index in [-0.39, 0.29) is 41.6 Å². The van der Waals surface area contributed by atoms with Crippen molar-refractivity contribution in [1.82, 2.24) is 10.6 Å². The summed E-state index contributed by atoms with van der Waals surface area (Å²) in [5.41, 5.74) is 1.14. The van der Waals surface area contributed by atoms with Crippen LogP contribution in [0.1, 0.15) is 71.4 Å². The molecule has 1 heterocycles. The van der Waals surface area contributed by atoms with Crippen molar-refractivity contribution in [3.05, 3.63) is 71.8 Å². The molecule has 8 heteroatoms. The van der Waals surface area contributed by atoms with E-state index < -0.39 is 29.7 Å². The number of ketones is 2. The molecule has 8 nitrogen and oxygen atoms in total. The number of aryl methyl sites for hydroxylation is 1. The summed E-state index contributed by atoms with van der Waals surface area (Å²) in [4.78, 5) is 54.2. The molecule has 2 amide bonds. The lowest BCUT2D eigenvalue weighted by Crippen LogP contribution is -2.50. The smallest absolute Gasteiger partial charge is 0.249 e. The molecule has 5 atom stereocenters. The molecule has 240 valence electrons. The number of hydrogen-bond acceptors (Lipinski definition) is 6. The molecule has 44 heavy (non-hydrogen) atoms. The van der Waals surface area contributed by atoms with Crippen LogP contribution < -0.4 is 10.6 Å². The molecule has 0 aliphatic carbocycles. The number of epoxide rings is 1. The third-order valence-electron chi connectivity index (χ3n) is 8.11. The van der Waals surface area contributed by atoms with Gasteiger partial charge in [-0.1, -0.05) is 88.4 Å². The lowest BCUT2D eigenvalue weighted by Gasteiger charge is -2.26. The van der Waals surface area contributed by atoms with Gasteiger partial charge in [0, 0.05) is 19.4 Å². The standard InChI is InChI=1S/C36H50N2O6/c1-24(2)19-29(37-35(42)32(43-6)18-17-26-13-9-7-10-14-26)31(39)22-28(21-27-15-11-8-12-16-27)34(41)38-30(20-25(3)4)33(40)36(5)23-44-36/h7-16,24-25,28-30,32H,17-23H2,1-6H3,(H,37,42)(H,38,41)/t28-,29+,30+,32+,36-/m1/s1. The summed E-state index contributed by atoms with van der Waals surface area (Å²) in [6.45, 7) is 10.1. The van der Waals surface area contributed by atoms with Gasteiger partial charge in [-0.2, -0.15) is 0 Å². The van der Waals surface area contributed by atoms with Crippen LogP contribution in [-0.2, 0) is 41.5 Å². The van der Waals surface area contributed by atoms with Gasteiger partial charge in [-0.25, -0.2) is 0 Å². The van der Waals surface area contributed by atoms with Crippen molar-refractivity contribution in [1.29, 1.82) is 0 Å². The monoisotopic (exact) mass is 606 g/mol. The molecule has 1 aliphatic heterocycles. The first kappa shape index (κ1) is 35.1. The quantitative estimate of drug-likeness (QED) is 0.221. The van der Waals surface area contributed by atoms with Crippen LogP contribution in [0.5, 0.6) is 0 Å².